The average Bonchev–Trinajstić information content (AvgIpc) is 2.41. The number of hydrogen-bond acceptors (Lipinski definition) is 1. The van der Waals surface area contributed by atoms with Crippen molar-refractivity contribution < 1.29 is 5.11 Å². The van der Waals surface area contributed by atoms with Gasteiger partial charge in [0.05, 0.1) is 4.47 Å². The Balaban J connectivity index is 2.43. The smallest absolute Gasteiger partial charge is 0.131 e. The van der Waals surface area contributed by atoms with E-state index in [0.717, 1.165) is 26.4 Å². The van der Waals surface area contributed by atoms with Gasteiger partial charge in [-0.2, -0.15) is 0 Å². The molecule has 0 fully saturated rings. The molecular formula is C16H11BrO. The molecule has 0 aliphatic rings. The fraction of sp³-hybridized carbons (Fsp3) is 0. The molecule has 0 saturated carbocycles. The highest BCUT2D eigenvalue weighted by molar-refractivity contribution is 9.10. The summed E-state index contributed by atoms with van der Waals surface area (Å²) in [5, 5.41) is 12.2. The molecule has 3 rings (SSSR count). The van der Waals surface area contributed by atoms with Gasteiger partial charge in [0.2, 0.25) is 0 Å². The van der Waals surface area contributed by atoms with E-state index in [0.29, 0.717) is 0 Å². The van der Waals surface area contributed by atoms with Crippen LogP contribution in [0.2, 0.25) is 0 Å². The Morgan fingerprint density at radius 2 is 1.50 bits per heavy atom. The third-order valence-electron chi connectivity index (χ3n) is 3.03. The molecule has 0 amide bonds. The second-order valence-corrected chi connectivity index (χ2v) is 4.96. The molecule has 0 spiro atoms. The van der Waals surface area contributed by atoms with Gasteiger partial charge in [-0.15, -0.1) is 0 Å². The Morgan fingerprint density at radius 1 is 0.833 bits per heavy atom. The summed E-state index contributed by atoms with van der Waals surface area (Å²) in [5.41, 5.74) is 2.13. The van der Waals surface area contributed by atoms with E-state index in [4.69, 9.17) is 0 Å². The van der Waals surface area contributed by atoms with Crippen molar-refractivity contribution in [1.82, 2.24) is 0 Å². The normalized spacial score (nSPS) is 10.7. The average molecular weight is 299 g/mol. The van der Waals surface area contributed by atoms with Gasteiger partial charge in [-0.25, -0.2) is 0 Å². The van der Waals surface area contributed by atoms with E-state index >= 15 is 0 Å². The van der Waals surface area contributed by atoms with Crippen molar-refractivity contribution in [3.63, 3.8) is 0 Å². The van der Waals surface area contributed by atoms with Gasteiger partial charge in [-0.1, -0.05) is 54.6 Å². The molecule has 88 valence electrons. The molecule has 0 aromatic heterocycles. The minimum atomic E-state index is 0.271. The number of halogens is 1. The van der Waals surface area contributed by atoms with Crippen molar-refractivity contribution in [3.8, 4) is 16.9 Å². The van der Waals surface area contributed by atoms with Crippen LogP contribution in [0.1, 0.15) is 0 Å². The molecule has 1 N–H and O–H groups in total. The van der Waals surface area contributed by atoms with Crippen molar-refractivity contribution in [3.05, 3.63) is 65.1 Å². The largest absolute Gasteiger partial charge is 0.507 e. The molecule has 0 heterocycles. The number of aromatic hydroxyl groups is 1. The number of phenols is 1. The molecule has 0 saturated heterocycles. The van der Waals surface area contributed by atoms with Crippen LogP contribution in [0, 0.1) is 0 Å². The van der Waals surface area contributed by atoms with Crippen LogP contribution in [-0.2, 0) is 0 Å². The molecule has 3 aromatic carbocycles. The lowest BCUT2D eigenvalue weighted by atomic mass is 9.98. The second kappa shape index (κ2) is 4.46. The van der Waals surface area contributed by atoms with Gasteiger partial charge in [0.1, 0.15) is 5.75 Å². The molecule has 3 aromatic rings. The highest BCUT2D eigenvalue weighted by Gasteiger charge is 2.11. The van der Waals surface area contributed by atoms with E-state index in [1.54, 1.807) is 6.07 Å². The number of hydrogen-bond donors (Lipinski definition) is 1. The first kappa shape index (κ1) is 11.3. The third kappa shape index (κ3) is 1.79. The summed E-state index contributed by atoms with van der Waals surface area (Å²) in [4.78, 5) is 0. The highest BCUT2D eigenvalue weighted by atomic mass is 79.9. The van der Waals surface area contributed by atoms with Crippen LogP contribution in [0.3, 0.4) is 0 Å². The zero-order valence-electron chi connectivity index (χ0n) is 9.60. The van der Waals surface area contributed by atoms with Crippen LogP contribution < -0.4 is 0 Å². The predicted molar refractivity (Wildman–Crippen MR) is 78.7 cm³/mol. The Bertz CT molecular complexity index is 705. The third-order valence-corrected chi connectivity index (χ3v) is 3.83. The first-order valence-electron chi connectivity index (χ1n) is 5.73. The summed E-state index contributed by atoms with van der Waals surface area (Å²) in [6.45, 7) is 0. The topological polar surface area (TPSA) is 20.2 Å². The summed E-state index contributed by atoms with van der Waals surface area (Å²) < 4.78 is 0.743. The molecule has 2 heteroatoms. The van der Waals surface area contributed by atoms with Crippen LogP contribution in [0.15, 0.2) is 65.1 Å². The molecule has 0 aliphatic carbocycles. The molecule has 1 nitrogen and oxygen atoms in total. The van der Waals surface area contributed by atoms with Crippen molar-refractivity contribution in [2.24, 2.45) is 0 Å². The number of fused-ring (bicyclic) bond motifs is 1. The van der Waals surface area contributed by atoms with Crippen LogP contribution in [0.25, 0.3) is 21.9 Å². The fourth-order valence-electron chi connectivity index (χ4n) is 2.19. The summed E-state index contributed by atoms with van der Waals surface area (Å²) in [7, 11) is 0. The number of benzene rings is 3. The Morgan fingerprint density at radius 3 is 2.28 bits per heavy atom. The maximum Gasteiger partial charge on any atom is 0.131 e. The van der Waals surface area contributed by atoms with Crippen molar-refractivity contribution in [2.45, 2.75) is 0 Å². The quantitative estimate of drug-likeness (QED) is 0.672. The molecule has 0 unspecified atom stereocenters. The Kier molecular flexibility index (Phi) is 2.80. The van der Waals surface area contributed by atoms with Gasteiger partial charge in [0.25, 0.3) is 0 Å². The first-order chi connectivity index (χ1) is 8.77. The maximum atomic E-state index is 10.0. The monoisotopic (exact) mass is 298 g/mol. The lowest BCUT2D eigenvalue weighted by Crippen LogP contribution is -1.84. The molecule has 18 heavy (non-hydrogen) atoms. The number of rotatable bonds is 1. The van der Waals surface area contributed by atoms with Crippen LogP contribution in [0.5, 0.6) is 5.75 Å². The lowest BCUT2D eigenvalue weighted by molar-refractivity contribution is 0.473. The van der Waals surface area contributed by atoms with E-state index in [2.05, 4.69) is 22.0 Å². The molecule has 0 aliphatic heterocycles. The van der Waals surface area contributed by atoms with E-state index in [1.807, 2.05) is 48.5 Å². The van der Waals surface area contributed by atoms with Gasteiger partial charge in [-0.3, -0.25) is 0 Å². The van der Waals surface area contributed by atoms with E-state index in [1.165, 1.54) is 0 Å². The first-order valence-corrected chi connectivity index (χ1v) is 6.52. The molecule has 0 bridgehead atoms. The van der Waals surface area contributed by atoms with Gasteiger partial charge in [0.15, 0.2) is 0 Å². The van der Waals surface area contributed by atoms with Crippen molar-refractivity contribution in [2.75, 3.05) is 0 Å². The lowest BCUT2D eigenvalue weighted by Gasteiger charge is -2.11. The summed E-state index contributed by atoms with van der Waals surface area (Å²) in [6.07, 6.45) is 0. The minimum Gasteiger partial charge on any atom is -0.507 e. The minimum absolute atomic E-state index is 0.271. The van der Waals surface area contributed by atoms with Crippen molar-refractivity contribution in [1.29, 1.82) is 0 Å². The molecular weight excluding hydrogens is 288 g/mol. The van der Waals surface area contributed by atoms with Crippen LogP contribution in [0.4, 0.5) is 0 Å². The van der Waals surface area contributed by atoms with Crippen LogP contribution in [-0.4, -0.2) is 5.11 Å². The Hall–Kier alpha value is -1.80. The van der Waals surface area contributed by atoms with E-state index < -0.39 is 0 Å². The molecule has 0 radical (unpaired) electrons. The fourth-order valence-corrected chi connectivity index (χ4v) is 2.75. The standard InChI is InChI=1S/C16H11BrO/c17-16-14(18)10-12-8-4-5-9-13(12)15(16)11-6-2-1-3-7-11/h1-10,18H. The summed E-state index contributed by atoms with van der Waals surface area (Å²) in [5.74, 6) is 0.271. The van der Waals surface area contributed by atoms with E-state index in [-0.39, 0.29) is 5.75 Å². The molecule has 0 atom stereocenters. The van der Waals surface area contributed by atoms with Gasteiger partial charge >= 0.3 is 0 Å². The van der Waals surface area contributed by atoms with E-state index in [9.17, 15) is 5.11 Å². The van der Waals surface area contributed by atoms with Crippen molar-refractivity contribution >= 4 is 26.7 Å². The maximum absolute atomic E-state index is 10.0. The van der Waals surface area contributed by atoms with Gasteiger partial charge in [-0.05, 0) is 38.3 Å². The Labute approximate surface area is 114 Å². The highest BCUT2D eigenvalue weighted by Crippen LogP contribution is 2.40. The zero-order chi connectivity index (χ0) is 12.5. The predicted octanol–water partition coefficient (Wildman–Crippen LogP) is 4.97. The van der Waals surface area contributed by atoms with Gasteiger partial charge < -0.3 is 5.11 Å². The van der Waals surface area contributed by atoms with Crippen LogP contribution >= 0.6 is 15.9 Å². The SMILES string of the molecule is Oc1cc2ccccc2c(-c2ccccc2)c1Br. The number of phenolic OH excluding ortho intramolecular Hbond substituents is 1. The summed E-state index contributed by atoms with van der Waals surface area (Å²) >= 11 is 3.49. The van der Waals surface area contributed by atoms with Gasteiger partial charge in [0, 0.05) is 5.56 Å². The summed E-state index contributed by atoms with van der Waals surface area (Å²) in [6, 6.07) is 19.9. The zero-order valence-corrected chi connectivity index (χ0v) is 11.2. The second-order valence-electron chi connectivity index (χ2n) is 4.17.